The Kier molecular flexibility index (Phi) is 4.00. The molecule has 0 atom stereocenters. The lowest BCUT2D eigenvalue weighted by Gasteiger charge is -2.01. The normalized spacial score (nSPS) is 9.50. The van der Waals surface area contributed by atoms with Crippen LogP contribution in [-0.2, 0) is 0 Å². The zero-order valence-corrected chi connectivity index (χ0v) is 8.90. The highest BCUT2D eigenvalue weighted by molar-refractivity contribution is 6.36. The highest BCUT2D eigenvalue weighted by Gasteiger charge is 2.09. The maximum Gasteiger partial charge on any atom is 0.165 e. The van der Waals surface area contributed by atoms with Crippen molar-refractivity contribution < 1.29 is 4.79 Å². The molecule has 0 aromatic heterocycles. The minimum absolute atomic E-state index is 0.0513. The van der Waals surface area contributed by atoms with E-state index in [-0.39, 0.29) is 5.78 Å². The zero-order valence-electron chi connectivity index (χ0n) is 7.39. The van der Waals surface area contributed by atoms with E-state index in [1.807, 2.05) is 0 Å². The van der Waals surface area contributed by atoms with Gasteiger partial charge in [-0.2, -0.15) is 0 Å². The summed E-state index contributed by atoms with van der Waals surface area (Å²) in [4.78, 5) is 11.5. The molecule has 0 aliphatic carbocycles. The number of halogens is 2. The lowest BCUT2D eigenvalue weighted by Crippen LogP contribution is -1.99. The minimum atomic E-state index is -0.0513. The van der Waals surface area contributed by atoms with E-state index in [4.69, 9.17) is 29.6 Å². The molecule has 0 amide bonds. The standard InChI is InChI=1S/C11H8Cl2O/c1-2-3-4-11(14)9-6-5-8(12)7-10(9)13/h1,5-7H,3-4H2. The van der Waals surface area contributed by atoms with Crippen LogP contribution >= 0.6 is 23.2 Å². The zero-order chi connectivity index (χ0) is 10.6. The molecule has 0 bridgehead atoms. The molecule has 0 aliphatic rings. The van der Waals surface area contributed by atoms with Gasteiger partial charge in [0.1, 0.15) is 0 Å². The fraction of sp³-hybridized carbons (Fsp3) is 0.182. The predicted octanol–water partition coefficient (Wildman–Crippen LogP) is 3.59. The molecule has 0 fully saturated rings. The molecule has 0 heterocycles. The number of benzene rings is 1. The summed E-state index contributed by atoms with van der Waals surface area (Å²) in [6, 6.07) is 4.80. The molecule has 14 heavy (non-hydrogen) atoms. The second kappa shape index (κ2) is 5.05. The second-order valence-corrected chi connectivity index (χ2v) is 3.60. The summed E-state index contributed by atoms with van der Waals surface area (Å²) in [5, 5.41) is 0.892. The number of carbonyl (C=O) groups is 1. The largest absolute Gasteiger partial charge is 0.294 e. The van der Waals surface area contributed by atoms with Crippen molar-refractivity contribution in [2.75, 3.05) is 0 Å². The van der Waals surface area contributed by atoms with Crippen molar-refractivity contribution in [3.63, 3.8) is 0 Å². The van der Waals surface area contributed by atoms with Crippen molar-refractivity contribution in [1.82, 2.24) is 0 Å². The van der Waals surface area contributed by atoms with E-state index < -0.39 is 0 Å². The summed E-state index contributed by atoms with van der Waals surface area (Å²) < 4.78 is 0. The van der Waals surface area contributed by atoms with Crippen molar-refractivity contribution in [3.8, 4) is 12.3 Å². The van der Waals surface area contributed by atoms with Gasteiger partial charge in [0.15, 0.2) is 5.78 Å². The van der Waals surface area contributed by atoms with Crippen LogP contribution in [0.3, 0.4) is 0 Å². The molecule has 1 rings (SSSR count). The number of Topliss-reactive ketones (excluding diaryl/α,β-unsaturated/α-hetero) is 1. The van der Waals surface area contributed by atoms with Crippen molar-refractivity contribution in [2.45, 2.75) is 12.8 Å². The average molecular weight is 227 g/mol. The third-order valence-electron chi connectivity index (χ3n) is 1.73. The van der Waals surface area contributed by atoms with Crippen LogP contribution in [0.1, 0.15) is 23.2 Å². The number of hydrogen-bond acceptors (Lipinski definition) is 1. The van der Waals surface area contributed by atoms with Gasteiger partial charge in [-0.3, -0.25) is 4.79 Å². The molecule has 0 saturated heterocycles. The molecular formula is C11H8Cl2O. The van der Waals surface area contributed by atoms with E-state index in [9.17, 15) is 4.79 Å². The van der Waals surface area contributed by atoms with Crippen LogP contribution in [0.25, 0.3) is 0 Å². The highest BCUT2D eigenvalue weighted by atomic mass is 35.5. The second-order valence-electron chi connectivity index (χ2n) is 2.75. The molecule has 0 N–H and O–H groups in total. The summed E-state index contributed by atoms with van der Waals surface area (Å²) in [7, 11) is 0. The number of carbonyl (C=O) groups excluding carboxylic acids is 1. The van der Waals surface area contributed by atoms with Gasteiger partial charge in [0.05, 0.1) is 5.02 Å². The van der Waals surface area contributed by atoms with E-state index in [0.29, 0.717) is 28.5 Å². The number of rotatable bonds is 3. The van der Waals surface area contributed by atoms with Gasteiger partial charge in [-0.25, -0.2) is 0 Å². The molecule has 0 radical (unpaired) electrons. The van der Waals surface area contributed by atoms with Crippen LogP contribution in [0.2, 0.25) is 10.0 Å². The molecular weight excluding hydrogens is 219 g/mol. The van der Waals surface area contributed by atoms with Gasteiger partial charge in [0.2, 0.25) is 0 Å². The summed E-state index contributed by atoms with van der Waals surface area (Å²) in [5.74, 6) is 2.36. The summed E-state index contributed by atoms with van der Waals surface area (Å²) in [6.07, 6.45) is 5.81. The molecule has 1 aromatic carbocycles. The smallest absolute Gasteiger partial charge is 0.165 e. The van der Waals surface area contributed by atoms with Gasteiger partial charge in [0.25, 0.3) is 0 Å². The topological polar surface area (TPSA) is 17.1 Å². The van der Waals surface area contributed by atoms with E-state index in [0.717, 1.165) is 0 Å². The van der Waals surface area contributed by atoms with Gasteiger partial charge >= 0.3 is 0 Å². The first-order valence-corrected chi connectivity index (χ1v) is 4.82. The quantitative estimate of drug-likeness (QED) is 0.569. The molecule has 0 spiro atoms. The summed E-state index contributed by atoms with van der Waals surface area (Å²) in [5.41, 5.74) is 0.478. The average Bonchev–Trinajstić information content (AvgIpc) is 2.14. The Morgan fingerprint density at radius 1 is 1.43 bits per heavy atom. The first-order valence-electron chi connectivity index (χ1n) is 4.07. The molecule has 3 heteroatoms. The first-order chi connectivity index (χ1) is 6.65. The molecule has 72 valence electrons. The highest BCUT2D eigenvalue weighted by Crippen LogP contribution is 2.22. The number of terminal acetylenes is 1. The van der Waals surface area contributed by atoms with E-state index in [1.54, 1.807) is 18.2 Å². The van der Waals surface area contributed by atoms with Crippen LogP contribution < -0.4 is 0 Å². The molecule has 0 aliphatic heterocycles. The maximum atomic E-state index is 11.5. The Morgan fingerprint density at radius 2 is 2.14 bits per heavy atom. The maximum absolute atomic E-state index is 11.5. The predicted molar refractivity (Wildman–Crippen MR) is 58.9 cm³/mol. The number of hydrogen-bond donors (Lipinski definition) is 0. The van der Waals surface area contributed by atoms with E-state index in [1.165, 1.54) is 0 Å². The van der Waals surface area contributed by atoms with Crippen LogP contribution in [0.4, 0.5) is 0 Å². The fourth-order valence-electron chi connectivity index (χ4n) is 1.04. The summed E-state index contributed by atoms with van der Waals surface area (Å²) >= 11 is 11.5. The van der Waals surface area contributed by atoms with Gasteiger partial charge in [0, 0.05) is 23.4 Å². The third-order valence-corrected chi connectivity index (χ3v) is 2.28. The minimum Gasteiger partial charge on any atom is -0.294 e. The van der Waals surface area contributed by atoms with Gasteiger partial charge < -0.3 is 0 Å². The molecule has 0 unspecified atom stereocenters. The fourth-order valence-corrected chi connectivity index (χ4v) is 1.55. The first kappa shape index (κ1) is 11.1. The Hall–Kier alpha value is -0.970. The van der Waals surface area contributed by atoms with Crippen molar-refractivity contribution >= 4 is 29.0 Å². The molecule has 0 saturated carbocycles. The number of ketones is 1. The van der Waals surface area contributed by atoms with Crippen LogP contribution in [0, 0.1) is 12.3 Å². The van der Waals surface area contributed by atoms with Crippen molar-refractivity contribution in [2.24, 2.45) is 0 Å². The Morgan fingerprint density at radius 3 is 2.71 bits per heavy atom. The Bertz CT molecular complexity index is 391. The van der Waals surface area contributed by atoms with Crippen LogP contribution in [-0.4, -0.2) is 5.78 Å². The Balaban J connectivity index is 2.86. The Labute approximate surface area is 93.0 Å². The van der Waals surface area contributed by atoms with Gasteiger partial charge in [-0.15, -0.1) is 12.3 Å². The van der Waals surface area contributed by atoms with Gasteiger partial charge in [-0.05, 0) is 18.2 Å². The molecule has 1 nitrogen and oxygen atoms in total. The van der Waals surface area contributed by atoms with Crippen molar-refractivity contribution in [3.05, 3.63) is 33.8 Å². The van der Waals surface area contributed by atoms with Crippen LogP contribution in [0.15, 0.2) is 18.2 Å². The monoisotopic (exact) mass is 226 g/mol. The summed E-state index contributed by atoms with van der Waals surface area (Å²) in [6.45, 7) is 0. The van der Waals surface area contributed by atoms with Crippen LogP contribution in [0.5, 0.6) is 0 Å². The van der Waals surface area contributed by atoms with E-state index in [2.05, 4.69) is 5.92 Å². The van der Waals surface area contributed by atoms with Crippen molar-refractivity contribution in [1.29, 1.82) is 0 Å². The molecule has 1 aromatic rings. The third kappa shape index (κ3) is 2.77. The van der Waals surface area contributed by atoms with Gasteiger partial charge in [-0.1, -0.05) is 23.2 Å². The SMILES string of the molecule is C#CCCC(=O)c1ccc(Cl)cc1Cl. The lowest BCUT2D eigenvalue weighted by molar-refractivity contribution is 0.0984. The lowest BCUT2D eigenvalue weighted by atomic mass is 10.1. The van der Waals surface area contributed by atoms with E-state index >= 15 is 0 Å².